The minimum Gasteiger partial charge on any atom is -0.289 e. The van der Waals surface area contributed by atoms with Crippen molar-refractivity contribution in [2.24, 2.45) is 0 Å². The molecule has 0 aliphatic heterocycles. The summed E-state index contributed by atoms with van der Waals surface area (Å²) in [5, 5.41) is 9.16. The van der Waals surface area contributed by atoms with Crippen LogP contribution in [0.5, 0.6) is 0 Å². The highest BCUT2D eigenvalue weighted by Gasteiger charge is 2.10. The predicted molar refractivity (Wildman–Crippen MR) is 63.1 cm³/mol. The average molecular weight is 282 g/mol. The number of hydroxylamine groups is 1. The summed E-state index contributed by atoms with van der Waals surface area (Å²) >= 11 is 11.6. The second-order valence-electron chi connectivity index (χ2n) is 3.00. The molecule has 0 saturated carbocycles. The summed E-state index contributed by atoms with van der Waals surface area (Å²) in [4.78, 5) is 10.7. The first-order chi connectivity index (χ1) is 7.52. The lowest BCUT2D eigenvalue weighted by molar-refractivity contribution is -0.126. The smallest absolute Gasteiger partial charge is 0.255 e. The number of benzene rings is 1. The standard InChI is InChI=1S/C9H9Cl2NO3S/c10-7-2-1-6(8(11)3-7)4-16(15)5-9(13)12-14/h1-3,14H,4-5H2,(H,12,13). The van der Waals surface area contributed by atoms with Crippen LogP contribution < -0.4 is 5.48 Å². The highest BCUT2D eigenvalue weighted by atomic mass is 35.5. The van der Waals surface area contributed by atoms with Gasteiger partial charge in [-0.3, -0.25) is 14.2 Å². The molecule has 0 spiro atoms. The number of carbonyl (C=O) groups excluding carboxylic acids is 1. The van der Waals surface area contributed by atoms with E-state index in [9.17, 15) is 9.00 Å². The molecule has 1 amide bonds. The summed E-state index contributed by atoms with van der Waals surface area (Å²) in [7, 11) is -1.42. The number of nitrogens with one attached hydrogen (secondary N) is 1. The van der Waals surface area contributed by atoms with Gasteiger partial charge in [0.1, 0.15) is 5.75 Å². The maximum absolute atomic E-state index is 11.5. The Morgan fingerprint density at radius 1 is 1.44 bits per heavy atom. The highest BCUT2D eigenvalue weighted by molar-refractivity contribution is 7.84. The lowest BCUT2D eigenvalue weighted by atomic mass is 10.2. The van der Waals surface area contributed by atoms with Gasteiger partial charge in [-0.25, -0.2) is 5.48 Å². The van der Waals surface area contributed by atoms with E-state index in [0.29, 0.717) is 15.6 Å². The topological polar surface area (TPSA) is 66.4 Å². The van der Waals surface area contributed by atoms with Gasteiger partial charge in [-0.2, -0.15) is 0 Å². The molecule has 1 atom stereocenters. The van der Waals surface area contributed by atoms with Gasteiger partial charge < -0.3 is 0 Å². The summed E-state index contributed by atoms with van der Waals surface area (Å²) in [6.07, 6.45) is 0. The first-order valence-electron chi connectivity index (χ1n) is 4.24. The molecule has 4 nitrogen and oxygen atoms in total. The molecular formula is C9H9Cl2NO3S. The van der Waals surface area contributed by atoms with Crippen LogP contribution in [-0.2, 0) is 21.3 Å². The molecule has 0 aliphatic rings. The van der Waals surface area contributed by atoms with Crippen LogP contribution in [0.4, 0.5) is 0 Å². The van der Waals surface area contributed by atoms with Crippen LogP contribution in [0.25, 0.3) is 0 Å². The number of halogens is 2. The van der Waals surface area contributed by atoms with Gasteiger partial charge in [0.05, 0.1) is 5.75 Å². The Kier molecular flexibility index (Phi) is 5.21. The SMILES string of the molecule is O=C(CS(=O)Cc1ccc(Cl)cc1Cl)NO. The van der Waals surface area contributed by atoms with Crippen molar-refractivity contribution in [3.8, 4) is 0 Å². The van der Waals surface area contributed by atoms with Gasteiger partial charge in [0.15, 0.2) is 0 Å². The Morgan fingerprint density at radius 3 is 2.69 bits per heavy atom. The van der Waals surface area contributed by atoms with Gasteiger partial charge in [0.25, 0.3) is 5.91 Å². The van der Waals surface area contributed by atoms with Crippen LogP contribution in [0.1, 0.15) is 5.56 Å². The Bertz CT molecular complexity index is 425. The summed E-state index contributed by atoms with van der Waals surface area (Å²) in [5.74, 6) is -0.817. The summed E-state index contributed by atoms with van der Waals surface area (Å²) < 4.78 is 11.5. The molecule has 1 aromatic rings. The van der Waals surface area contributed by atoms with Crippen molar-refractivity contribution in [2.75, 3.05) is 5.75 Å². The summed E-state index contributed by atoms with van der Waals surface area (Å²) in [6.45, 7) is 0. The Morgan fingerprint density at radius 2 is 2.12 bits per heavy atom. The zero-order valence-electron chi connectivity index (χ0n) is 8.07. The van der Waals surface area contributed by atoms with Crippen molar-refractivity contribution >= 4 is 39.9 Å². The maximum atomic E-state index is 11.5. The molecule has 1 unspecified atom stereocenters. The van der Waals surface area contributed by atoms with Gasteiger partial charge in [-0.15, -0.1) is 0 Å². The zero-order valence-corrected chi connectivity index (χ0v) is 10.4. The van der Waals surface area contributed by atoms with E-state index in [1.165, 1.54) is 5.48 Å². The Hall–Kier alpha value is -0.620. The van der Waals surface area contributed by atoms with Crippen molar-refractivity contribution in [1.82, 2.24) is 5.48 Å². The molecular weight excluding hydrogens is 273 g/mol. The minimum atomic E-state index is -1.42. The molecule has 2 N–H and O–H groups in total. The molecule has 7 heteroatoms. The Balaban J connectivity index is 2.66. The second kappa shape index (κ2) is 6.20. The maximum Gasteiger partial charge on any atom is 0.255 e. The largest absolute Gasteiger partial charge is 0.289 e. The molecule has 0 aromatic heterocycles. The van der Waals surface area contributed by atoms with Crippen molar-refractivity contribution in [3.63, 3.8) is 0 Å². The van der Waals surface area contributed by atoms with E-state index in [-0.39, 0.29) is 11.5 Å². The van der Waals surface area contributed by atoms with Crippen molar-refractivity contribution < 1.29 is 14.2 Å². The fraction of sp³-hybridized carbons (Fsp3) is 0.222. The Labute approximate surface area is 105 Å². The van der Waals surface area contributed by atoms with Gasteiger partial charge in [0.2, 0.25) is 0 Å². The molecule has 88 valence electrons. The van der Waals surface area contributed by atoms with Crippen LogP contribution in [0.2, 0.25) is 10.0 Å². The van der Waals surface area contributed by atoms with Crippen LogP contribution in [-0.4, -0.2) is 21.1 Å². The van der Waals surface area contributed by atoms with Crippen LogP contribution in [0.15, 0.2) is 18.2 Å². The first kappa shape index (κ1) is 13.4. The molecule has 16 heavy (non-hydrogen) atoms. The third kappa shape index (κ3) is 4.09. The van der Waals surface area contributed by atoms with E-state index in [1.54, 1.807) is 18.2 Å². The van der Waals surface area contributed by atoms with E-state index < -0.39 is 16.7 Å². The van der Waals surface area contributed by atoms with Crippen molar-refractivity contribution in [1.29, 1.82) is 0 Å². The van der Waals surface area contributed by atoms with Crippen molar-refractivity contribution in [3.05, 3.63) is 33.8 Å². The van der Waals surface area contributed by atoms with Gasteiger partial charge in [0, 0.05) is 20.8 Å². The van der Waals surface area contributed by atoms with Gasteiger partial charge in [-0.05, 0) is 17.7 Å². The molecule has 0 radical (unpaired) electrons. The van der Waals surface area contributed by atoms with Crippen LogP contribution >= 0.6 is 23.2 Å². The predicted octanol–water partition coefficient (Wildman–Crippen LogP) is 1.75. The van der Waals surface area contributed by atoms with E-state index in [2.05, 4.69) is 0 Å². The highest BCUT2D eigenvalue weighted by Crippen LogP contribution is 2.22. The van der Waals surface area contributed by atoms with Crippen LogP contribution in [0, 0.1) is 0 Å². The molecule has 1 aromatic carbocycles. The number of rotatable bonds is 4. The van der Waals surface area contributed by atoms with Gasteiger partial charge in [-0.1, -0.05) is 29.3 Å². The van der Waals surface area contributed by atoms with Gasteiger partial charge >= 0.3 is 0 Å². The second-order valence-corrected chi connectivity index (χ2v) is 5.30. The molecule has 0 fully saturated rings. The number of carbonyl (C=O) groups is 1. The monoisotopic (exact) mass is 281 g/mol. The summed E-state index contributed by atoms with van der Waals surface area (Å²) in [6, 6.07) is 4.83. The molecule has 0 saturated heterocycles. The van der Waals surface area contributed by atoms with Crippen LogP contribution in [0.3, 0.4) is 0 Å². The van der Waals surface area contributed by atoms with E-state index in [4.69, 9.17) is 28.4 Å². The third-order valence-electron chi connectivity index (χ3n) is 1.75. The lowest BCUT2D eigenvalue weighted by Gasteiger charge is -2.04. The minimum absolute atomic E-state index is 0.142. The normalized spacial score (nSPS) is 12.2. The molecule has 0 aliphatic carbocycles. The average Bonchev–Trinajstić information content (AvgIpc) is 2.22. The van der Waals surface area contributed by atoms with E-state index in [1.807, 2.05) is 0 Å². The fourth-order valence-corrected chi connectivity index (χ4v) is 2.65. The number of hydrogen-bond acceptors (Lipinski definition) is 3. The molecule has 0 heterocycles. The van der Waals surface area contributed by atoms with E-state index in [0.717, 1.165) is 0 Å². The first-order valence-corrected chi connectivity index (χ1v) is 6.49. The molecule has 0 bridgehead atoms. The summed E-state index contributed by atoms with van der Waals surface area (Å²) in [5.41, 5.74) is 2.07. The van der Waals surface area contributed by atoms with E-state index >= 15 is 0 Å². The zero-order chi connectivity index (χ0) is 12.1. The lowest BCUT2D eigenvalue weighted by Crippen LogP contribution is -2.25. The van der Waals surface area contributed by atoms with Crippen molar-refractivity contribution in [2.45, 2.75) is 5.75 Å². The quantitative estimate of drug-likeness (QED) is 0.653. The third-order valence-corrected chi connectivity index (χ3v) is 3.55. The number of hydrogen-bond donors (Lipinski definition) is 2. The number of amides is 1. The molecule has 1 rings (SSSR count). The fourth-order valence-electron chi connectivity index (χ4n) is 1.04.